The van der Waals surface area contributed by atoms with Gasteiger partial charge < -0.3 is 4.74 Å². The predicted molar refractivity (Wildman–Crippen MR) is 69.2 cm³/mol. The molecule has 0 N–H and O–H groups in total. The van der Waals surface area contributed by atoms with Gasteiger partial charge in [0, 0.05) is 31.1 Å². The Morgan fingerprint density at radius 2 is 2.12 bits per heavy atom. The van der Waals surface area contributed by atoms with Gasteiger partial charge in [0.15, 0.2) is 0 Å². The van der Waals surface area contributed by atoms with Crippen LogP contribution in [-0.2, 0) is 11.3 Å². The molecule has 3 heterocycles. The molecule has 2 fully saturated rings. The number of hydrogen-bond acceptors (Lipinski definition) is 4. The largest absolute Gasteiger partial charge is 0.381 e. The van der Waals surface area contributed by atoms with Crippen molar-refractivity contribution in [2.24, 2.45) is 0 Å². The summed E-state index contributed by atoms with van der Waals surface area (Å²) in [6.07, 6.45) is 5.58. The SMILES string of the molecule is COC1CC2CCC(C1)N2Cc1csc(C)n1. The van der Waals surface area contributed by atoms with E-state index in [2.05, 4.69) is 22.2 Å². The summed E-state index contributed by atoms with van der Waals surface area (Å²) in [5.41, 5.74) is 1.25. The topological polar surface area (TPSA) is 25.4 Å². The van der Waals surface area contributed by atoms with Gasteiger partial charge in [0.1, 0.15) is 0 Å². The molecule has 0 amide bonds. The van der Waals surface area contributed by atoms with Crippen molar-refractivity contribution in [3.8, 4) is 0 Å². The molecule has 4 heteroatoms. The minimum Gasteiger partial charge on any atom is -0.381 e. The Hall–Kier alpha value is -0.450. The van der Waals surface area contributed by atoms with E-state index in [1.807, 2.05) is 7.11 Å². The number of ether oxygens (including phenoxy) is 1. The normalized spacial score (nSPS) is 33.2. The van der Waals surface area contributed by atoms with E-state index in [1.54, 1.807) is 11.3 Å². The van der Waals surface area contributed by atoms with Crippen molar-refractivity contribution in [3.05, 3.63) is 16.1 Å². The van der Waals surface area contributed by atoms with Crippen molar-refractivity contribution in [2.75, 3.05) is 7.11 Å². The van der Waals surface area contributed by atoms with Crippen LogP contribution in [0.4, 0.5) is 0 Å². The summed E-state index contributed by atoms with van der Waals surface area (Å²) in [4.78, 5) is 7.24. The van der Waals surface area contributed by atoms with Crippen molar-refractivity contribution in [2.45, 2.75) is 57.3 Å². The Kier molecular flexibility index (Phi) is 3.19. The molecule has 1 aromatic rings. The van der Waals surface area contributed by atoms with Crippen LogP contribution in [0.25, 0.3) is 0 Å². The maximum atomic E-state index is 5.53. The fourth-order valence-corrected chi connectivity index (χ4v) is 3.95. The minimum atomic E-state index is 0.487. The highest BCUT2D eigenvalue weighted by Crippen LogP contribution is 2.37. The number of hydrogen-bond donors (Lipinski definition) is 0. The number of fused-ring (bicyclic) bond motifs is 2. The summed E-state index contributed by atoms with van der Waals surface area (Å²) in [6.45, 7) is 3.12. The van der Waals surface area contributed by atoms with Crippen LogP contribution in [0.5, 0.6) is 0 Å². The van der Waals surface area contributed by atoms with Crippen molar-refractivity contribution in [1.82, 2.24) is 9.88 Å². The van der Waals surface area contributed by atoms with Crippen LogP contribution in [0.2, 0.25) is 0 Å². The van der Waals surface area contributed by atoms with E-state index >= 15 is 0 Å². The fraction of sp³-hybridized carbons (Fsp3) is 0.769. The van der Waals surface area contributed by atoms with Crippen LogP contribution in [0.3, 0.4) is 0 Å². The average Bonchev–Trinajstić information content (AvgIpc) is 2.82. The van der Waals surface area contributed by atoms with Gasteiger partial charge in [-0.05, 0) is 32.6 Å². The summed E-state index contributed by atoms with van der Waals surface area (Å²) < 4.78 is 5.53. The van der Waals surface area contributed by atoms with Crippen molar-refractivity contribution < 1.29 is 4.74 Å². The number of nitrogens with zero attached hydrogens (tertiary/aromatic N) is 2. The first-order chi connectivity index (χ1) is 8.26. The molecule has 0 aliphatic carbocycles. The highest BCUT2D eigenvalue weighted by molar-refractivity contribution is 7.09. The number of aromatic nitrogens is 1. The lowest BCUT2D eigenvalue weighted by molar-refractivity contribution is 0.00211. The van der Waals surface area contributed by atoms with Gasteiger partial charge in [0.2, 0.25) is 0 Å². The zero-order valence-electron chi connectivity index (χ0n) is 10.6. The number of piperidine rings is 1. The molecule has 2 unspecified atom stereocenters. The summed E-state index contributed by atoms with van der Waals surface area (Å²) >= 11 is 1.76. The highest BCUT2D eigenvalue weighted by Gasteiger charge is 2.40. The molecule has 94 valence electrons. The average molecular weight is 252 g/mol. The van der Waals surface area contributed by atoms with Gasteiger partial charge in [-0.1, -0.05) is 0 Å². The van der Waals surface area contributed by atoms with Gasteiger partial charge in [-0.2, -0.15) is 0 Å². The van der Waals surface area contributed by atoms with Crippen molar-refractivity contribution >= 4 is 11.3 Å². The molecule has 1 aromatic heterocycles. The summed E-state index contributed by atoms with van der Waals surface area (Å²) in [5.74, 6) is 0. The Balaban J connectivity index is 1.69. The van der Waals surface area contributed by atoms with Crippen LogP contribution in [-0.4, -0.2) is 35.2 Å². The third kappa shape index (κ3) is 2.26. The van der Waals surface area contributed by atoms with Crippen LogP contribution in [0.1, 0.15) is 36.4 Å². The maximum Gasteiger partial charge on any atom is 0.0897 e. The van der Waals surface area contributed by atoms with E-state index in [0.717, 1.165) is 18.6 Å². The summed E-state index contributed by atoms with van der Waals surface area (Å²) in [5, 5.41) is 3.39. The zero-order valence-corrected chi connectivity index (χ0v) is 11.4. The molecule has 0 radical (unpaired) electrons. The van der Waals surface area contributed by atoms with E-state index in [4.69, 9.17) is 4.74 Å². The first-order valence-corrected chi connectivity index (χ1v) is 7.33. The third-order valence-corrected chi connectivity index (χ3v) is 5.01. The summed E-state index contributed by atoms with van der Waals surface area (Å²) in [6, 6.07) is 1.45. The van der Waals surface area contributed by atoms with E-state index in [9.17, 15) is 0 Å². The Labute approximate surface area is 107 Å². The molecule has 2 saturated heterocycles. The van der Waals surface area contributed by atoms with Gasteiger partial charge in [-0.15, -0.1) is 11.3 Å². The van der Waals surface area contributed by atoms with E-state index in [0.29, 0.717) is 6.10 Å². The maximum absolute atomic E-state index is 5.53. The third-order valence-electron chi connectivity index (χ3n) is 4.19. The van der Waals surface area contributed by atoms with E-state index in [-0.39, 0.29) is 0 Å². The zero-order chi connectivity index (χ0) is 11.8. The molecule has 0 saturated carbocycles. The lowest BCUT2D eigenvalue weighted by atomic mass is 9.99. The number of methoxy groups -OCH3 is 1. The van der Waals surface area contributed by atoms with Gasteiger partial charge in [-0.25, -0.2) is 4.98 Å². The van der Waals surface area contributed by atoms with E-state index < -0.39 is 0 Å². The van der Waals surface area contributed by atoms with Gasteiger partial charge >= 0.3 is 0 Å². The quantitative estimate of drug-likeness (QED) is 0.827. The van der Waals surface area contributed by atoms with Gasteiger partial charge in [0.25, 0.3) is 0 Å². The number of rotatable bonds is 3. The molecule has 0 aromatic carbocycles. The van der Waals surface area contributed by atoms with E-state index in [1.165, 1.54) is 36.4 Å². The van der Waals surface area contributed by atoms with Crippen molar-refractivity contribution in [3.63, 3.8) is 0 Å². The molecule has 2 aliphatic heterocycles. The summed E-state index contributed by atoms with van der Waals surface area (Å²) in [7, 11) is 1.85. The molecule has 3 nitrogen and oxygen atoms in total. The van der Waals surface area contributed by atoms with Crippen LogP contribution in [0.15, 0.2) is 5.38 Å². The molecule has 2 bridgehead atoms. The molecular formula is C13H20N2OS. The van der Waals surface area contributed by atoms with Crippen LogP contribution in [0, 0.1) is 6.92 Å². The second kappa shape index (κ2) is 4.67. The molecular weight excluding hydrogens is 232 g/mol. The first-order valence-electron chi connectivity index (χ1n) is 6.46. The predicted octanol–water partition coefficient (Wildman–Crippen LogP) is 2.59. The van der Waals surface area contributed by atoms with Gasteiger partial charge in [-0.3, -0.25) is 4.90 Å². The Bertz CT molecular complexity index is 379. The molecule has 2 atom stereocenters. The Morgan fingerprint density at radius 3 is 2.65 bits per heavy atom. The second-order valence-corrected chi connectivity index (χ2v) is 6.31. The lowest BCUT2D eigenvalue weighted by Crippen LogP contribution is -2.44. The molecule has 17 heavy (non-hydrogen) atoms. The van der Waals surface area contributed by atoms with Crippen LogP contribution >= 0.6 is 11.3 Å². The lowest BCUT2D eigenvalue weighted by Gasteiger charge is -2.37. The van der Waals surface area contributed by atoms with Crippen molar-refractivity contribution in [1.29, 1.82) is 0 Å². The molecule has 2 aliphatic rings. The molecule has 0 spiro atoms. The molecule has 3 rings (SSSR count). The number of thiazole rings is 1. The van der Waals surface area contributed by atoms with Gasteiger partial charge in [0.05, 0.1) is 16.8 Å². The first kappa shape index (κ1) is 11.6. The van der Waals surface area contributed by atoms with Crippen LogP contribution < -0.4 is 0 Å². The Morgan fingerprint density at radius 1 is 1.41 bits per heavy atom. The fourth-order valence-electron chi connectivity index (χ4n) is 3.34. The monoisotopic (exact) mass is 252 g/mol. The second-order valence-electron chi connectivity index (χ2n) is 5.24. The highest BCUT2D eigenvalue weighted by atomic mass is 32.1. The smallest absolute Gasteiger partial charge is 0.0897 e. The number of aryl methyl sites for hydroxylation is 1. The standard InChI is InChI=1S/C13H20N2OS/c1-9-14-10(8-17-9)7-15-11-3-4-12(15)6-13(5-11)16-2/h8,11-13H,3-7H2,1-2H3. The minimum absolute atomic E-state index is 0.487.